The Bertz CT molecular complexity index is 477. The summed E-state index contributed by atoms with van der Waals surface area (Å²) in [6, 6.07) is 7.47. The highest BCUT2D eigenvalue weighted by atomic mass is 32.2. The van der Waals surface area contributed by atoms with Gasteiger partial charge in [-0.1, -0.05) is 30.4 Å². The van der Waals surface area contributed by atoms with E-state index >= 15 is 0 Å². The minimum atomic E-state index is -3.16. The molecule has 1 aromatic rings. The lowest BCUT2D eigenvalue weighted by Gasteiger charge is -2.25. The summed E-state index contributed by atoms with van der Waals surface area (Å²) in [5.41, 5.74) is 1.71. The lowest BCUT2D eigenvalue weighted by Crippen LogP contribution is -2.31. The molecule has 0 atom stereocenters. The summed E-state index contributed by atoms with van der Waals surface area (Å²) in [5, 5.41) is 0. The van der Waals surface area contributed by atoms with Gasteiger partial charge in [0.2, 0.25) is 10.0 Å². The van der Waals surface area contributed by atoms with Gasteiger partial charge in [-0.15, -0.1) is 0 Å². The highest BCUT2D eigenvalue weighted by Gasteiger charge is 2.20. The number of hydrogen-bond donors (Lipinski definition) is 0. The lowest BCUT2D eigenvalue weighted by atomic mass is 10.1. The molecular weight excluding hydrogens is 198 g/mol. The normalized spacial score (nSPS) is 15.4. The maximum absolute atomic E-state index is 11.4. The van der Waals surface area contributed by atoms with E-state index in [0.29, 0.717) is 6.54 Å². The van der Waals surface area contributed by atoms with Gasteiger partial charge in [0.15, 0.2) is 0 Å². The average Bonchev–Trinajstić information content (AvgIpc) is 2.15. The van der Waals surface area contributed by atoms with Gasteiger partial charge >= 0.3 is 0 Å². The van der Waals surface area contributed by atoms with E-state index < -0.39 is 10.0 Å². The van der Waals surface area contributed by atoms with Crippen LogP contribution in [0.25, 0.3) is 6.08 Å². The molecule has 74 valence electrons. The number of rotatable bonds is 1. The summed E-state index contributed by atoms with van der Waals surface area (Å²) < 4.78 is 24.3. The van der Waals surface area contributed by atoms with E-state index in [1.807, 2.05) is 36.4 Å². The summed E-state index contributed by atoms with van der Waals surface area (Å²) in [6.45, 7) is 0.426. The van der Waals surface area contributed by atoms with Crippen LogP contribution >= 0.6 is 0 Å². The lowest BCUT2D eigenvalue weighted by molar-refractivity contribution is 0.598. The van der Waals surface area contributed by atoms with Gasteiger partial charge < -0.3 is 0 Å². The van der Waals surface area contributed by atoms with Crippen LogP contribution in [0.1, 0.15) is 5.56 Å². The highest BCUT2D eigenvalue weighted by Crippen LogP contribution is 2.26. The predicted octanol–water partition coefficient (Wildman–Crippen LogP) is 1.48. The molecule has 0 spiro atoms. The minimum absolute atomic E-state index is 0.426. The van der Waals surface area contributed by atoms with Crippen molar-refractivity contribution in [2.75, 3.05) is 17.1 Å². The topological polar surface area (TPSA) is 37.4 Å². The first kappa shape index (κ1) is 9.27. The SMILES string of the molecule is CS(=O)(=O)N1CC=Cc2ccccc21. The Balaban J connectivity index is 2.57. The molecule has 0 radical (unpaired) electrons. The smallest absolute Gasteiger partial charge is 0.232 e. The van der Waals surface area contributed by atoms with Crippen molar-refractivity contribution in [1.29, 1.82) is 0 Å². The maximum Gasteiger partial charge on any atom is 0.232 e. The second-order valence-corrected chi connectivity index (χ2v) is 5.16. The third-order valence-electron chi connectivity index (χ3n) is 2.17. The van der Waals surface area contributed by atoms with Gasteiger partial charge in [-0.25, -0.2) is 8.42 Å². The van der Waals surface area contributed by atoms with Gasteiger partial charge in [-0.3, -0.25) is 4.31 Å². The van der Waals surface area contributed by atoms with E-state index in [-0.39, 0.29) is 0 Å². The number of fused-ring (bicyclic) bond motifs is 1. The van der Waals surface area contributed by atoms with Gasteiger partial charge in [0, 0.05) is 0 Å². The molecule has 0 N–H and O–H groups in total. The molecule has 0 unspecified atom stereocenters. The van der Waals surface area contributed by atoms with Crippen molar-refractivity contribution in [3.63, 3.8) is 0 Å². The molecule has 0 bridgehead atoms. The summed E-state index contributed by atoms with van der Waals surface area (Å²) in [7, 11) is -3.16. The Morgan fingerprint density at radius 3 is 2.71 bits per heavy atom. The first-order chi connectivity index (χ1) is 6.59. The zero-order valence-corrected chi connectivity index (χ0v) is 8.66. The third kappa shape index (κ3) is 1.53. The van der Waals surface area contributed by atoms with Crippen LogP contribution in [0.2, 0.25) is 0 Å². The molecular formula is C10H11NO2S. The predicted molar refractivity (Wildman–Crippen MR) is 57.7 cm³/mol. The zero-order chi connectivity index (χ0) is 10.2. The van der Waals surface area contributed by atoms with Crippen molar-refractivity contribution in [3.8, 4) is 0 Å². The third-order valence-corrected chi connectivity index (χ3v) is 3.32. The molecule has 0 saturated carbocycles. The first-order valence-electron chi connectivity index (χ1n) is 4.32. The van der Waals surface area contributed by atoms with Crippen LogP contribution in [-0.4, -0.2) is 21.2 Å². The quantitative estimate of drug-likeness (QED) is 0.702. The van der Waals surface area contributed by atoms with Crippen molar-refractivity contribution in [3.05, 3.63) is 35.9 Å². The van der Waals surface area contributed by atoms with Crippen molar-refractivity contribution >= 4 is 21.8 Å². The molecule has 3 nitrogen and oxygen atoms in total. The molecule has 14 heavy (non-hydrogen) atoms. The fourth-order valence-electron chi connectivity index (χ4n) is 1.54. The second-order valence-electron chi connectivity index (χ2n) is 3.26. The fraction of sp³-hybridized carbons (Fsp3) is 0.200. The fourth-order valence-corrected chi connectivity index (χ4v) is 2.42. The van der Waals surface area contributed by atoms with Crippen molar-refractivity contribution in [1.82, 2.24) is 0 Å². The summed E-state index contributed by atoms with van der Waals surface area (Å²) in [6.07, 6.45) is 5.02. The van der Waals surface area contributed by atoms with Crippen molar-refractivity contribution in [2.24, 2.45) is 0 Å². The van der Waals surface area contributed by atoms with Gasteiger partial charge in [0.05, 0.1) is 18.5 Å². The molecule has 4 heteroatoms. The standard InChI is InChI=1S/C10H11NO2S/c1-14(12,13)11-8-4-6-9-5-2-3-7-10(9)11/h2-7H,8H2,1H3. The van der Waals surface area contributed by atoms with Crippen LogP contribution in [0, 0.1) is 0 Å². The highest BCUT2D eigenvalue weighted by molar-refractivity contribution is 7.92. The van der Waals surface area contributed by atoms with Crippen LogP contribution < -0.4 is 4.31 Å². The van der Waals surface area contributed by atoms with Gasteiger partial charge in [0.1, 0.15) is 0 Å². The molecule has 0 saturated heterocycles. The number of nitrogens with zero attached hydrogens (tertiary/aromatic N) is 1. The molecule has 0 fully saturated rings. The van der Waals surface area contributed by atoms with Gasteiger partial charge in [-0.05, 0) is 11.6 Å². The number of anilines is 1. The van der Waals surface area contributed by atoms with Crippen LogP contribution in [0.15, 0.2) is 30.3 Å². The number of benzene rings is 1. The Morgan fingerprint density at radius 1 is 1.29 bits per heavy atom. The minimum Gasteiger partial charge on any atom is -0.266 e. The Kier molecular flexibility index (Phi) is 2.07. The molecule has 1 aliphatic rings. The zero-order valence-electron chi connectivity index (χ0n) is 7.84. The molecule has 1 heterocycles. The average molecular weight is 209 g/mol. The molecule has 1 aromatic carbocycles. The van der Waals surface area contributed by atoms with Crippen LogP contribution in [0.3, 0.4) is 0 Å². The van der Waals surface area contributed by atoms with Gasteiger partial charge in [0.25, 0.3) is 0 Å². The van der Waals surface area contributed by atoms with E-state index in [0.717, 1.165) is 11.3 Å². The first-order valence-corrected chi connectivity index (χ1v) is 6.17. The van der Waals surface area contributed by atoms with E-state index in [1.165, 1.54) is 10.6 Å². The Morgan fingerprint density at radius 2 is 2.00 bits per heavy atom. The van der Waals surface area contributed by atoms with Crippen LogP contribution in [0.4, 0.5) is 5.69 Å². The van der Waals surface area contributed by atoms with E-state index in [9.17, 15) is 8.42 Å². The van der Waals surface area contributed by atoms with E-state index in [4.69, 9.17) is 0 Å². The Hall–Kier alpha value is -1.29. The molecule has 0 aliphatic carbocycles. The maximum atomic E-state index is 11.4. The van der Waals surface area contributed by atoms with Crippen LogP contribution in [-0.2, 0) is 10.0 Å². The Labute approximate surface area is 83.7 Å². The summed E-state index contributed by atoms with van der Waals surface area (Å²) >= 11 is 0. The van der Waals surface area contributed by atoms with Gasteiger partial charge in [-0.2, -0.15) is 0 Å². The van der Waals surface area contributed by atoms with Crippen molar-refractivity contribution in [2.45, 2.75) is 0 Å². The largest absolute Gasteiger partial charge is 0.266 e. The molecule has 1 aliphatic heterocycles. The van der Waals surface area contributed by atoms with Crippen molar-refractivity contribution < 1.29 is 8.42 Å². The molecule has 0 aromatic heterocycles. The summed E-state index contributed by atoms with van der Waals surface area (Å²) in [5.74, 6) is 0. The van der Waals surface area contributed by atoms with Crippen LogP contribution in [0.5, 0.6) is 0 Å². The van der Waals surface area contributed by atoms with E-state index in [1.54, 1.807) is 0 Å². The molecule has 2 rings (SSSR count). The summed E-state index contributed by atoms with van der Waals surface area (Å²) in [4.78, 5) is 0. The second kappa shape index (κ2) is 3.13. The monoisotopic (exact) mass is 209 g/mol. The molecule has 0 amide bonds. The number of hydrogen-bond acceptors (Lipinski definition) is 2. The van der Waals surface area contributed by atoms with E-state index in [2.05, 4.69) is 0 Å². The number of sulfonamides is 1. The number of para-hydroxylation sites is 1.